The Kier molecular flexibility index (Phi) is 5.13. The highest BCUT2D eigenvalue weighted by Crippen LogP contribution is 2.35. The van der Waals surface area contributed by atoms with E-state index >= 15 is 0 Å². The molecule has 1 fully saturated rings. The number of aromatic nitrogens is 5. The average Bonchev–Trinajstić information content (AvgIpc) is 3.67. The number of anilines is 2. The molecule has 6 rings (SSSR count). The summed E-state index contributed by atoms with van der Waals surface area (Å²) in [6.07, 6.45) is 3.22. The monoisotopic (exact) mass is 459 g/mol. The van der Waals surface area contributed by atoms with Crippen LogP contribution in [0.2, 0.25) is 0 Å². The maximum Gasteiger partial charge on any atom is 0.278 e. The van der Waals surface area contributed by atoms with E-state index in [1.165, 1.54) is 18.2 Å². The minimum absolute atomic E-state index is 0.0881. The van der Waals surface area contributed by atoms with Crippen LogP contribution in [0.5, 0.6) is 0 Å². The summed E-state index contributed by atoms with van der Waals surface area (Å²) in [6.45, 7) is 1.84. The number of fused-ring (bicyclic) bond motifs is 2. The molecule has 10 heteroatoms. The molecular weight excluding hydrogens is 434 g/mol. The van der Waals surface area contributed by atoms with E-state index in [1.54, 1.807) is 33.8 Å². The molecule has 1 unspecified atom stereocenters. The Balaban J connectivity index is 1.45. The smallest absolute Gasteiger partial charge is 0.278 e. The van der Waals surface area contributed by atoms with E-state index in [0.29, 0.717) is 28.5 Å². The Labute approximate surface area is 195 Å². The Bertz CT molecular complexity index is 1440. The molecule has 3 N–H and O–H groups in total. The fraction of sp³-hybridized carbons (Fsp3) is 0.333. The number of aliphatic hydroxyl groups excluding tert-OH is 1. The quantitative estimate of drug-likeness (QED) is 0.376. The van der Waals surface area contributed by atoms with Gasteiger partial charge in [0.2, 0.25) is 5.95 Å². The van der Waals surface area contributed by atoms with Crippen LogP contribution in [-0.2, 0) is 17.7 Å². The standard InChI is InChI=1S/C24H25N7O3/c1-34-23(33)19-3-2-4-20(28-19)31-21-18(22(32)30(31)17-7-8-17)13-26-24(29-21)27-16-6-5-15-12-25-10-9-14(15)11-16/h2-6,11,13,17,23,25,33H,7-10,12H2,1H3,(H,26,27,29). The fourth-order valence-electron chi connectivity index (χ4n) is 4.43. The van der Waals surface area contributed by atoms with Crippen molar-refractivity contribution in [2.24, 2.45) is 0 Å². The van der Waals surface area contributed by atoms with Crippen molar-refractivity contribution in [2.75, 3.05) is 19.0 Å². The van der Waals surface area contributed by atoms with Gasteiger partial charge in [-0.2, -0.15) is 4.98 Å². The lowest BCUT2D eigenvalue weighted by Crippen LogP contribution is -2.23. The lowest BCUT2D eigenvalue weighted by Gasteiger charge is -2.18. The van der Waals surface area contributed by atoms with Gasteiger partial charge in [-0.05, 0) is 61.2 Å². The van der Waals surface area contributed by atoms with Crippen LogP contribution in [-0.4, -0.2) is 43.1 Å². The van der Waals surface area contributed by atoms with Crippen LogP contribution < -0.4 is 16.2 Å². The van der Waals surface area contributed by atoms with Crippen molar-refractivity contribution in [3.8, 4) is 5.82 Å². The first-order chi connectivity index (χ1) is 16.6. The summed E-state index contributed by atoms with van der Waals surface area (Å²) >= 11 is 0. The summed E-state index contributed by atoms with van der Waals surface area (Å²) in [5.41, 5.74) is 4.18. The molecule has 1 aliphatic carbocycles. The lowest BCUT2D eigenvalue weighted by atomic mass is 10.0. The molecule has 1 atom stereocenters. The molecule has 0 amide bonds. The molecule has 1 saturated carbocycles. The zero-order valence-corrected chi connectivity index (χ0v) is 18.7. The van der Waals surface area contributed by atoms with Crippen LogP contribution in [0, 0.1) is 0 Å². The molecule has 2 aliphatic rings. The van der Waals surface area contributed by atoms with E-state index < -0.39 is 6.29 Å². The second-order valence-electron chi connectivity index (χ2n) is 8.67. The zero-order chi connectivity index (χ0) is 23.2. The number of hydrogen-bond donors (Lipinski definition) is 3. The first-order valence-corrected chi connectivity index (χ1v) is 11.4. The Hall–Kier alpha value is -3.60. The molecule has 0 saturated heterocycles. The molecule has 1 aromatic carbocycles. The van der Waals surface area contributed by atoms with E-state index in [0.717, 1.165) is 38.0 Å². The summed E-state index contributed by atoms with van der Waals surface area (Å²) in [7, 11) is 1.41. The van der Waals surface area contributed by atoms with E-state index in [-0.39, 0.29) is 11.6 Å². The van der Waals surface area contributed by atoms with Crippen molar-refractivity contribution >= 4 is 22.7 Å². The van der Waals surface area contributed by atoms with Gasteiger partial charge in [0.1, 0.15) is 5.39 Å². The number of benzene rings is 1. The molecule has 0 radical (unpaired) electrons. The summed E-state index contributed by atoms with van der Waals surface area (Å²) < 4.78 is 8.43. The molecule has 3 aromatic heterocycles. The number of rotatable bonds is 6. The highest BCUT2D eigenvalue weighted by Gasteiger charge is 2.31. The van der Waals surface area contributed by atoms with Crippen molar-refractivity contribution in [2.45, 2.75) is 38.1 Å². The first kappa shape index (κ1) is 21.0. The van der Waals surface area contributed by atoms with Gasteiger partial charge in [0, 0.05) is 25.5 Å². The largest absolute Gasteiger partial charge is 0.363 e. The number of nitrogens with zero attached hydrogens (tertiary/aromatic N) is 5. The third kappa shape index (κ3) is 3.65. The molecule has 0 bridgehead atoms. The van der Waals surface area contributed by atoms with Gasteiger partial charge in [-0.25, -0.2) is 19.3 Å². The van der Waals surface area contributed by atoms with Crippen molar-refractivity contribution in [3.05, 3.63) is 69.8 Å². The number of methoxy groups -OCH3 is 1. The Morgan fingerprint density at radius 3 is 2.91 bits per heavy atom. The summed E-state index contributed by atoms with van der Waals surface area (Å²) in [4.78, 5) is 26.9. The van der Waals surface area contributed by atoms with Crippen LogP contribution in [0.3, 0.4) is 0 Å². The van der Waals surface area contributed by atoms with Crippen LogP contribution in [0.15, 0.2) is 47.4 Å². The van der Waals surface area contributed by atoms with Crippen LogP contribution in [0.4, 0.5) is 11.6 Å². The van der Waals surface area contributed by atoms with E-state index in [9.17, 15) is 9.90 Å². The first-order valence-electron chi connectivity index (χ1n) is 11.4. The van der Waals surface area contributed by atoms with Gasteiger partial charge in [-0.3, -0.25) is 4.79 Å². The summed E-state index contributed by atoms with van der Waals surface area (Å²) in [6, 6.07) is 11.6. The molecule has 174 valence electrons. The number of pyridine rings is 1. The maximum atomic E-state index is 13.2. The van der Waals surface area contributed by atoms with Crippen molar-refractivity contribution in [1.29, 1.82) is 0 Å². The number of hydrogen-bond acceptors (Lipinski definition) is 8. The van der Waals surface area contributed by atoms with E-state index in [2.05, 4.69) is 32.7 Å². The van der Waals surface area contributed by atoms with Crippen LogP contribution in [0.25, 0.3) is 16.9 Å². The Morgan fingerprint density at radius 2 is 2.09 bits per heavy atom. The second-order valence-corrected chi connectivity index (χ2v) is 8.67. The van der Waals surface area contributed by atoms with Gasteiger partial charge in [-0.1, -0.05) is 12.1 Å². The summed E-state index contributed by atoms with van der Waals surface area (Å²) in [5, 5.41) is 17.2. The SMILES string of the molecule is COC(O)c1cccc(-n2c3nc(Nc4ccc5c(c4)CCNC5)ncc3c(=O)n2C2CC2)n1. The minimum Gasteiger partial charge on any atom is -0.363 e. The fourth-order valence-corrected chi connectivity index (χ4v) is 4.43. The third-order valence-corrected chi connectivity index (χ3v) is 6.31. The van der Waals surface area contributed by atoms with Gasteiger partial charge < -0.3 is 20.5 Å². The van der Waals surface area contributed by atoms with Crippen molar-refractivity contribution < 1.29 is 9.84 Å². The van der Waals surface area contributed by atoms with Crippen LogP contribution >= 0.6 is 0 Å². The molecule has 34 heavy (non-hydrogen) atoms. The maximum absolute atomic E-state index is 13.2. The number of aliphatic hydroxyl groups is 1. The van der Waals surface area contributed by atoms with Gasteiger partial charge in [0.15, 0.2) is 17.8 Å². The van der Waals surface area contributed by atoms with Gasteiger partial charge in [-0.15, -0.1) is 0 Å². The molecule has 0 spiro atoms. The molecule has 4 aromatic rings. The van der Waals surface area contributed by atoms with Crippen molar-refractivity contribution in [3.63, 3.8) is 0 Å². The number of ether oxygens (including phenoxy) is 1. The second kappa shape index (κ2) is 8.32. The van der Waals surface area contributed by atoms with E-state index in [1.807, 2.05) is 6.07 Å². The topological polar surface area (TPSA) is 119 Å². The predicted octanol–water partition coefficient (Wildman–Crippen LogP) is 2.34. The minimum atomic E-state index is -1.16. The van der Waals surface area contributed by atoms with E-state index in [4.69, 9.17) is 9.72 Å². The predicted molar refractivity (Wildman–Crippen MR) is 126 cm³/mol. The molecular formula is C24H25N7O3. The third-order valence-electron chi connectivity index (χ3n) is 6.31. The molecule has 1 aliphatic heterocycles. The highest BCUT2D eigenvalue weighted by molar-refractivity contribution is 5.77. The highest BCUT2D eigenvalue weighted by atomic mass is 16.6. The molecule has 4 heterocycles. The Morgan fingerprint density at radius 1 is 1.21 bits per heavy atom. The number of nitrogens with one attached hydrogen (secondary N) is 2. The van der Waals surface area contributed by atoms with Crippen molar-refractivity contribution in [1.82, 2.24) is 29.6 Å². The molecule has 10 nitrogen and oxygen atoms in total. The van der Waals surface area contributed by atoms with Gasteiger partial charge in [0.25, 0.3) is 5.56 Å². The zero-order valence-electron chi connectivity index (χ0n) is 18.7. The van der Waals surface area contributed by atoms with Gasteiger partial charge in [0.05, 0.1) is 11.7 Å². The van der Waals surface area contributed by atoms with Crippen LogP contribution in [0.1, 0.15) is 42.0 Å². The lowest BCUT2D eigenvalue weighted by molar-refractivity contribution is -0.0798. The normalized spacial score (nSPS) is 16.4. The summed E-state index contributed by atoms with van der Waals surface area (Å²) in [5.74, 6) is 0.884. The average molecular weight is 460 g/mol. The van der Waals surface area contributed by atoms with Gasteiger partial charge >= 0.3 is 0 Å².